The maximum absolute atomic E-state index is 12.0. The third kappa shape index (κ3) is 5.20. The topological polar surface area (TPSA) is 104 Å². The minimum Gasteiger partial charge on any atom is -0.481 e. The first kappa shape index (κ1) is 17.7. The predicted octanol–water partition coefficient (Wildman–Crippen LogP) is 1.89. The van der Waals surface area contributed by atoms with E-state index in [-0.39, 0.29) is 12.0 Å². The molecule has 0 aliphatic carbocycles. The van der Waals surface area contributed by atoms with Gasteiger partial charge in [-0.2, -0.15) is 0 Å². The van der Waals surface area contributed by atoms with Crippen LogP contribution in [0.2, 0.25) is 0 Å². The number of benzene rings is 1. The van der Waals surface area contributed by atoms with Gasteiger partial charge in [0.2, 0.25) is 0 Å². The van der Waals surface area contributed by atoms with E-state index >= 15 is 0 Å². The molecule has 1 unspecified atom stereocenters. The molecule has 1 rings (SSSR count). The summed E-state index contributed by atoms with van der Waals surface area (Å²) >= 11 is 0. The summed E-state index contributed by atoms with van der Waals surface area (Å²) in [7, 11) is 0. The zero-order chi connectivity index (χ0) is 16.9. The summed E-state index contributed by atoms with van der Waals surface area (Å²) in [5, 5.41) is 20.0. The highest BCUT2D eigenvalue weighted by molar-refractivity contribution is 5.94. The van der Waals surface area contributed by atoms with E-state index in [1.165, 1.54) is 0 Å². The lowest BCUT2D eigenvalue weighted by atomic mass is 9.86. The van der Waals surface area contributed by atoms with Gasteiger partial charge in [0, 0.05) is 12.1 Å². The molecule has 0 spiro atoms. The average Bonchev–Trinajstić information content (AvgIpc) is 2.41. The molecule has 0 bridgehead atoms. The number of carboxylic acids is 2. The molecule has 1 aromatic carbocycles. The van der Waals surface area contributed by atoms with Crippen molar-refractivity contribution in [3.05, 3.63) is 35.4 Å². The number of aliphatic carboxylic acids is 2. The number of nitrogens with one attached hydrogen (secondary N) is 1. The fraction of sp³-hybridized carbons (Fsp3) is 0.438. The molecule has 0 radical (unpaired) electrons. The molecule has 0 aliphatic heterocycles. The van der Waals surface area contributed by atoms with Crippen molar-refractivity contribution in [2.75, 3.05) is 6.54 Å². The van der Waals surface area contributed by atoms with Crippen molar-refractivity contribution in [1.82, 2.24) is 5.32 Å². The first-order valence-electron chi connectivity index (χ1n) is 6.94. The van der Waals surface area contributed by atoms with E-state index in [0.717, 1.165) is 5.56 Å². The minimum absolute atomic E-state index is 0.0229. The molecule has 22 heavy (non-hydrogen) atoms. The monoisotopic (exact) mass is 307 g/mol. The number of rotatable bonds is 6. The van der Waals surface area contributed by atoms with Crippen molar-refractivity contribution in [2.24, 2.45) is 5.92 Å². The van der Waals surface area contributed by atoms with Gasteiger partial charge in [-0.25, -0.2) is 0 Å². The molecule has 0 heterocycles. The molecule has 120 valence electrons. The van der Waals surface area contributed by atoms with Gasteiger partial charge in [0.25, 0.3) is 5.91 Å². The fourth-order valence-electron chi connectivity index (χ4n) is 1.90. The number of carbonyl (C=O) groups excluding carboxylic acids is 1. The van der Waals surface area contributed by atoms with Crippen LogP contribution in [0.15, 0.2) is 24.3 Å². The second-order valence-electron chi connectivity index (χ2n) is 6.17. The van der Waals surface area contributed by atoms with Gasteiger partial charge in [0.05, 0.1) is 12.3 Å². The van der Waals surface area contributed by atoms with Crippen LogP contribution in [-0.4, -0.2) is 34.6 Å². The van der Waals surface area contributed by atoms with Crippen LogP contribution >= 0.6 is 0 Å². The second-order valence-corrected chi connectivity index (χ2v) is 6.17. The van der Waals surface area contributed by atoms with Crippen LogP contribution in [0.5, 0.6) is 0 Å². The standard InChI is InChI=1S/C16H21NO5/c1-16(2,3)12-6-4-10(5-7-12)14(20)17-9-11(15(21)22)8-13(18)19/h4-7,11H,8-9H2,1-3H3,(H,17,20)(H,18,19)(H,21,22). The quantitative estimate of drug-likeness (QED) is 0.744. The molecule has 0 saturated heterocycles. The summed E-state index contributed by atoms with van der Waals surface area (Å²) in [5.74, 6) is -4.02. The SMILES string of the molecule is CC(C)(C)c1ccc(C(=O)NCC(CC(=O)O)C(=O)O)cc1. The Hall–Kier alpha value is -2.37. The van der Waals surface area contributed by atoms with Crippen molar-refractivity contribution in [2.45, 2.75) is 32.6 Å². The highest BCUT2D eigenvalue weighted by Gasteiger charge is 2.22. The number of carbonyl (C=O) groups is 3. The maximum Gasteiger partial charge on any atom is 0.308 e. The van der Waals surface area contributed by atoms with Crippen molar-refractivity contribution in [3.8, 4) is 0 Å². The number of hydrogen-bond donors (Lipinski definition) is 3. The summed E-state index contributed by atoms with van der Waals surface area (Å²) in [5.41, 5.74) is 1.47. The molecular weight excluding hydrogens is 286 g/mol. The number of carboxylic acid groups (broad SMARTS) is 2. The summed E-state index contributed by atoms with van der Waals surface area (Å²) in [6, 6.07) is 7.04. The Bertz CT molecular complexity index is 557. The van der Waals surface area contributed by atoms with Gasteiger partial charge < -0.3 is 15.5 Å². The molecule has 1 aromatic rings. The normalized spacial score (nSPS) is 12.5. The van der Waals surface area contributed by atoms with Gasteiger partial charge in [-0.3, -0.25) is 14.4 Å². The van der Waals surface area contributed by atoms with E-state index in [2.05, 4.69) is 26.1 Å². The molecule has 3 N–H and O–H groups in total. The van der Waals surface area contributed by atoms with Crippen LogP contribution in [0.25, 0.3) is 0 Å². The largest absolute Gasteiger partial charge is 0.481 e. The van der Waals surface area contributed by atoms with E-state index in [9.17, 15) is 14.4 Å². The lowest BCUT2D eigenvalue weighted by Gasteiger charge is -2.19. The lowest BCUT2D eigenvalue weighted by molar-refractivity contribution is -0.148. The smallest absolute Gasteiger partial charge is 0.308 e. The predicted molar refractivity (Wildman–Crippen MR) is 80.9 cm³/mol. The van der Waals surface area contributed by atoms with Gasteiger partial charge in [-0.05, 0) is 23.1 Å². The Morgan fingerprint density at radius 2 is 1.64 bits per heavy atom. The number of hydrogen-bond acceptors (Lipinski definition) is 3. The molecule has 0 aliphatic rings. The molecule has 0 aromatic heterocycles. The van der Waals surface area contributed by atoms with Crippen LogP contribution in [0.4, 0.5) is 0 Å². The summed E-state index contributed by atoms with van der Waals surface area (Å²) in [6.45, 7) is 5.96. The van der Waals surface area contributed by atoms with Crippen molar-refractivity contribution in [1.29, 1.82) is 0 Å². The Balaban J connectivity index is 2.68. The van der Waals surface area contributed by atoms with Crippen LogP contribution in [0.3, 0.4) is 0 Å². The summed E-state index contributed by atoms with van der Waals surface area (Å²) < 4.78 is 0. The van der Waals surface area contributed by atoms with Crippen LogP contribution < -0.4 is 5.32 Å². The third-order valence-electron chi connectivity index (χ3n) is 3.29. The highest BCUT2D eigenvalue weighted by atomic mass is 16.4. The third-order valence-corrected chi connectivity index (χ3v) is 3.29. The minimum atomic E-state index is -1.24. The van der Waals surface area contributed by atoms with E-state index < -0.39 is 30.2 Å². The van der Waals surface area contributed by atoms with Crippen LogP contribution in [0.1, 0.15) is 43.1 Å². The zero-order valence-corrected chi connectivity index (χ0v) is 12.9. The molecule has 6 nitrogen and oxygen atoms in total. The fourth-order valence-corrected chi connectivity index (χ4v) is 1.90. The number of amides is 1. The van der Waals surface area contributed by atoms with E-state index in [4.69, 9.17) is 10.2 Å². The van der Waals surface area contributed by atoms with Gasteiger partial charge in [-0.15, -0.1) is 0 Å². The van der Waals surface area contributed by atoms with E-state index in [0.29, 0.717) is 5.56 Å². The summed E-state index contributed by atoms with van der Waals surface area (Å²) in [4.78, 5) is 33.5. The molecule has 0 fully saturated rings. The maximum atomic E-state index is 12.0. The van der Waals surface area contributed by atoms with E-state index in [1.54, 1.807) is 12.1 Å². The Kier molecular flexibility index (Phi) is 5.68. The first-order valence-corrected chi connectivity index (χ1v) is 6.94. The van der Waals surface area contributed by atoms with Gasteiger partial charge >= 0.3 is 11.9 Å². The lowest BCUT2D eigenvalue weighted by Crippen LogP contribution is -2.34. The van der Waals surface area contributed by atoms with Gasteiger partial charge in [0.1, 0.15) is 0 Å². The molecule has 6 heteroatoms. The van der Waals surface area contributed by atoms with Crippen LogP contribution in [0, 0.1) is 5.92 Å². The van der Waals surface area contributed by atoms with Crippen molar-refractivity contribution >= 4 is 17.8 Å². The Morgan fingerprint density at radius 3 is 2.05 bits per heavy atom. The van der Waals surface area contributed by atoms with Gasteiger partial charge in [-0.1, -0.05) is 32.9 Å². The van der Waals surface area contributed by atoms with Crippen LogP contribution in [-0.2, 0) is 15.0 Å². The second kappa shape index (κ2) is 7.06. The van der Waals surface area contributed by atoms with Crippen molar-refractivity contribution < 1.29 is 24.6 Å². The highest BCUT2D eigenvalue weighted by Crippen LogP contribution is 2.22. The summed E-state index contributed by atoms with van der Waals surface area (Å²) in [6.07, 6.45) is -0.529. The molecule has 0 saturated carbocycles. The Labute approximate surface area is 129 Å². The molecule has 1 amide bonds. The molecule has 1 atom stereocenters. The zero-order valence-electron chi connectivity index (χ0n) is 12.9. The Morgan fingerprint density at radius 1 is 1.09 bits per heavy atom. The van der Waals surface area contributed by atoms with Gasteiger partial charge in [0.15, 0.2) is 0 Å². The van der Waals surface area contributed by atoms with Crippen molar-refractivity contribution in [3.63, 3.8) is 0 Å². The first-order chi connectivity index (χ1) is 10.1. The van der Waals surface area contributed by atoms with E-state index in [1.807, 2.05) is 12.1 Å². The average molecular weight is 307 g/mol. The molecular formula is C16H21NO5.